The second kappa shape index (κ2) is 4.67. The summed E-state index contributed by atoms with van der Waals surface area (Å²) in [5.41, 5.74) is -1.11. The van der Waals surface area contributed by atoms with Crippen molar-refractivity contribution < 1.29 is 14.7 Å². The van der Waals surface area contributed by atoms with Gasteiger partial charge in [0.05, 0.1) is 0 Å². The Hall–Kier alpha value is -1.06. The Morgan fingerprint density at radius 3 is 2.41 bits per heavy atom. The smallest absolute Gasteiger partial charge is 0.319 e. The Balaban J connectivity index is 1.86. The number of amides is 1. The minimum Gasteiger partial charge on any atom is -0.480 e. The lowest BCUT2D eigenvalue weighted by Crippen LogP contribution is -2.51. The topological polar surface area (TPSA) is 66.4 Å². The Morgan fingerprint density at radius 2 is 2.00 bits per heavy atom. The first kappa shape index (κ1) is 12.4. The second-order valence-corrected chi connectivity index (χ2v) is 5.62. The Labute approximate surface area is 102 Å². The van der Waals surface area contributed by atoms with Gasteiger partial charge in [-0.2, -0.15) is 0 Å². The van der Waals surface area contributed by atoms with Crippen molar-refractivity contribution in [1.82, 2.24) is 5.32 Å². The van der Waals surface area contributed by atoms with E-state index in [-0.39, 0.29) is 5.91 Å². The Kier molecular flexibility index (Phi) is 3.40. The first-order valence-corrected chi connectivity index (χ1v) is 6.58. The monoisotopic (exact) mass is 239 g/mol. The molecule has 96 valence electrons. The van der Waals surface area contributed by atoms with Crippen molar-refractivity contribution in [2.24, 2.45) is 17.3 Å². The molecule has 2 N–H and O–H groups in total. The molecule has 17 heavy (non-hydrogen) atoms. The molecule has 0 aromatic rings. The number of rotatable bonds is 4. The molecule has 4 heteroatoms. The number of aliphatic carboxylic acids is 1. The molecule has 0 aliphatic heterocycles. The zero-order valence-corrected chi connectivity index (χ0v) is 10.4. The van der Waals surface area contributed by atoms with E-state index < -0.39 is 11.4 Å². The van der Waals surface area contributed by atoms with E-state index in [9.17, 15) is 9.59 Å². The van der Waals surface area contributed by atoms with Gasteiger partial charge in [0.25, 0.3) is 0 Å². The van der Waals surface area contributed by atoms with Crippen molar-refractivity contribution in [3.8, 4) is 0 Å². The summed E-state index contributed by atoms with van der Waals surface area (Å²) in [5.74, 6) is -0.0431. The molecule has 0 heterocycles. The zero-order valence-electron chi connectivity index (χ0n) is 10.4. The molecular weight excluding hydrogens is 218 g/mol. The van der Waals surface area contributed by atoms with Crippen LogP contribution in [-0.4, -0.2) is 23.5 Å². The molecular formula is C13H21NO3. The van der Waals surface area contributed by atoms with Crippen LogP contribution in [0.4, 0.5) is 0 Å². The van der Waals surface area contributed by atoms with Crippen molar-refractivity contribution in [2.75, 3.05) is 6.54 Å². The predicted molar refractivity (Wildman–Crippen MR) is 63.4 cm³/mol. The largest absolute Gasteiger partial charge is 0.480 e. The highest BCUT2D eigenvalue weighted by Gasteiger charge is 2.51. The van der Waals surface area contributed by atoms with Crippen LogP contribution < -0.4 is 5.32 Å². The predicted octanol–water partition coefficient (Wildman–Crippen LogP) is 1.79. The molecule has 2 aliphatic rings. The lowest BCUT2D eigenvalue weighted by Gasteiger charge is -2.36. The summed E-state index contributed by atoms with van der Waals surface area (Å²) < 4.78 is 0. The van der Waals surface area contributed by atoms with Gasteiger partial charge in [0.1, 0.15) is 5.41 Å². The average molecular weight is 239 g/mol. The van der Waals surface area contributed by atoms with Gasteiger partial charge >= 0.3 is 5.97 Å². The first-order chi connectivity index (χ1) is 8.06. The van der Waals surface area contributed by atoms with Gasteiger partial charge in [0.15, 0.2) is 0 Å². The van der Waals surface area contributed by atoms with Gasteiger partial charge in [-0.3, -0.25) is 9.59 Å². The van der Waals surface area contributed by atoms with Gasteiger partial charge in [-0.15, -0.1) is 0 Å². The lowest BCUT2D eigenvalue weighted by molar-refractivity contribution is -0.162. The molecule has 0 aromatic heterocycles. The third-order valence-corrected chi connectivity index (χ3v) is 4.62. The van der Waals surface area contributed by atoms with Crippen molar-refractivity contribution in [1.29, 1.82) is 0 Å². The van der Waals surface area contributed by atoms with Crippen LogP contribution in [0.1, 0.15) is 45.4 Å². The quantitative estimate of drug-likeness (QED) is 0.735. The SMILES string of the molecule is CC1CCCC1CNC(=O)C1(C(=O)O)CCC1. The minimum atomic E-state index is -1.11. The molecule has 0 aromatic carbocycles. The number of carboxylic acid groups (broad SMARTS) is 1. The maximum absolute atomic E-state index is 12.0. The van der Waals surface area contributed by atoms with E-state index in [1.54, 1.807) is 0 Å². The number of carbonyl (C=O) groups is 2. The summed E-state index contributed by atoms with van der Waals surface area (Å²) in [7, 11) is 0. The Morgan fingerprint density at radius 1 is 1.29 bits per heavy atom. The van der Waals surface area contributed by atoms with E-state index in [2.05, 4.69) is 12.2 Å². The summed E-state index contributed by atoms with van der Waals surface area (Å²) in [6.07, 6.45) is 5.44. The minimum absolute atomic E-state index is 0.268. The van der Waals surface area contributed by atoms with Gasteiger partial charge in [-0.25, -0.2) is 0 Å². The third-order valence-electron chi connectivity index (χ3n) is 4.62. The van der Waals surface area contributed by atoms with Gasteiger partial charge in [-0.1, -0.05) is 26.2 Å². The van der Waals surface area contributed by atoms with E-state index in [4.69, 9.17) is 5.11 Å². The van der Waals surface area contributed by atoms with Gasteiger partial charge in [0, 0.05) is 6.54 Å². The molecule has 1 amide bonds. The molecule has 0 radical (unpaired) electrons. The maximum Gasteiger partial charge on any atom is 0.319 e. The van der Waals surface area contributed by atoms with Crippen molar-refractivity contribution in [3.63, 3.8) is 0 Å². The van der Waals surface area contributed by atoms with Crippen LogP contribution in [-0.2, 0) is 9.59 Å². The van der Waals surface area contributed by atoms with Gasteiger partial charge in [0.2, 0.25) is 5.91 Å². The fourth-order valence-corrected chi connectivity index (χ4v) is 2.99. The fraction of sp³-hybridized carbons (Fsp3) is 0.846. The summed E-state index contributed by atoms with van der Waals surface area (Å²) >= 11 is 0. The number of carbonyl (C=O) groups excluding carboxylic acids is 1. The fourth-order valence-electron chi connectivity index (χ4n) is 2.99. The second-order valence-electron chi connectivity index (χ2n) is 5.62. The van der Waals surface area contributed by atoms with Gasteiger partial charge < -0.3 is 10.4 Å². The molecule has 2 atom stereocenters. The molecule has 2 fully saturated rings. The van der Waals surface area contributed by atoms with E-state index in [1.165, 1.54) is 12.8 Å². The highest BCUT2D eigenvalue weighted by atomic mass is 16.4. The zero-order chi connectivity index (χ0) is 12.5. The number of hydrogen-bond acceptors (Lipinski definition) is 2. The van der Waals surface area contributed by atoms with Crippen molar-refractivity contribution >= 4 is 11.9 Å². The highest BCUT2D eigenvalue weighted by Crippen LogP contribution is 2.41. The standard InChI is InChI=1S/C13H21NO3/c1-9-4-2-5-10(9)8-14-11(15)13(12(16)17)6-3-7-13/h9-10H,2-8H2,1H3,(H,14,15)(H,16,17). The Bertz CT molecular complexity index is 323. The maximum atomic E-state index is 12.0. The third kappa shape index (κ3) is 2.17. The van der Waals surface area contributed by atoms with Gasteiger partial charge in [-0.05, 0) is 31.1 Å². The molecule has 0 bridgehead atoms. The van der Waals surface area contributed by atoms with Crippen molar-refractivity contribution in [2.45, 2.75) is 45.4 Å². The van der Waals surface area contributed by atoms with Crippen LogP contribution in [0.2, 0.25) is 0 Å². The molecule has 2 saturated carbocycles. The van der Waals surface area contributed by atoms with Crippen LogP contribution in [0.15, 0.2) is 0 Å². The summed E-state index contributed by atoms with van der Waals surface area (Å²) in [5, 5.41) is 12.0. The van der Waals surface area contributed by atoms with Crippen LogP contribution in [0.3, 0.4) is 0 Å². The van der Waals surface area contributed by atoms with E-state index >= 15 is 0 Å². The molecule has 2 unspecified atom stereocenters. The summed E-state index contributed by atoms with van der Waals surface area (Å²) in [6, 6.07) is 0. The van der Waals surface area contributed by atoms with E-state index in [1.807, 2.05) is 0 Å². The van der Waals surface area contributed by atoms with Crippen LogP contribution in [0.5, 0.6) is 0 Å². The van der Waals surface area contributed by atoms with Crippen LogP contribution >= 0.6 is 0 Å². The molecule has 2 rings (SSSR count). The number of carboxylic acids is 1. The molecule has 0 saturated heterocycles. The van der Waals surface area contributed by atoms with Crippen LogP contribution in [0.25, 0.3) is 0 Å². The highest BCUT2D eigenvalue weighted by molar-refractivity contribution is 6.02. The number of hydrogen-bond donors (Lipinski definition) is 2. The number of nitrogens with one attached hydrogen (secondary N) is 1. The molecule has 2 aliphatic carbocycles. The average Bonchev–Trinajstić information content (AvgIpc) is 2.58. The van der Waals surface area contributed by atoms with E-state index in [0.717, 1.165) is 12.8 Å². The van der Waals surface area contributed by atoms with Crippen molar-refractivity contribution in [3.05, 3.63) is 0 Å². The first-order valence-electron chi connectivity index (χ1n) is 6.58. The molecule has 4 nitrogen and oxygen atoms in total. The summed E-state index contributed by atoms with van der Waals surface area (Å²) in [6.45, 7) is 2.86. The van der Waals surface area contributed by atoms with Crippen LogP contribution in [0, 0.1) is 17.3 Å². The lowest BCUT2D eigenvalue weighted by atomic mass is 9.68. The summed E-state index contributed by atoms with van der Waals surface area (Å²) in [4.78, 5) is 23.1. The molecule has 0 spiro atoms. The van der Waals surface area contributed by atoms with E-state index in [0.29, 0.717) is 31.2 Å². The normalized spacial score (nSPS) is 30.6.